The highest BCUT2D eigenvalue weighted by Gasteiger charge is 2.53. The van der Waals surface area contributed by atoms with Gasteiger partial charge in [0.15, 0.2) is 11.5 Å². The molecule has 3 amide bonds. The van der Waals surface area contributed by atoms with Crippen molar-refractivity contribution in [3.05, 3.63) is 106 Å². The van der Waals surface area contributed by atoms with Crippen molar-refractivity contribution in [2.75, 3.05) is 61.4 Å². The Bertz CT molecular complexity index is 2740. The second kappa shape index (κ2) is 16.5. The lowest BCUT2D eigenvalue weighted by Crippen LogP contribution is -2.74. The van der Waals surface area contributed by atoms with Crippen molar-refractivity contribution in [3.8, 4) is 5.82 Å². The predicted molar refractivity (Wildman–Crippen MR) is 244 cm³/mol. The Morgan fingerprint density at radius 3 is 2.39 bits per heavy atom. The lowest BCUT2D eigenvalue weighted by Gasteiger charge is -2.63. The number of rotatable bonds is 14. The fourth-order valence-corrected chi connectivity index (χ4v) is 10.6. The van der Waals surface area contributed by atoms with Gasteiger partial charge in [0.25, 0.3) is 17.4 Å². The first-order valence-electron chi connectivity index (χ1n) is 22.5. The Labute approximate surface area is 370 Å². The maximum atomic E-state index is 13.5. The first-order chi connectivity index (χ1) is 31.1. The zero-order valence-corrected chi connectivity index (χ0v) is 36.3. The molecule has 3 aromatic heterocycles. The minimum absolute atomic E-state index is 0.0433. The van der Waals surface area contributed by atoms with E-state index in [-0.39, 0.29) is 24.3 Å². The summed E-state index contributed by atoms with van der Waals surface area (Å²) in [6, 6.07) is 17.3. The summed E-state index contributed by atoms with van der Waals surface area (Å²) in [5.41, 5.74) is 6.53. The van der Waals surface area contributed by atoms with Crippen LogP contribution >= 0.6 is 0 Å². The molecule has 5 aliphatic rings. The van der Waals surface area contributed by atoms with Crippen LogP contribution in [0.4, 0.5) is 23.0 Å². The molecule has 1 spiro atoms. The zero-order chi connectivity index (χ0) is 44.3. The van der Waals surface area contributed by atoms with Crippen molar-refractivity contribution in [2.45, 2.75) is 76.4 Å². The van der Waals surface area contributed by atoms with Gasteiger partial charge in [0.1, 0.15) is 11.7 Å². The van der Waals surface area contributed by atoms with Gasteiger partial charge in [-0.25, -0.2) is 19.3 Å². The van der Waals surface area contributed by atoms with E-state index in [1.54, 1.807) is 33.8 Å². The molecular weight excluding hydrogens is 811 g/mol. The molecule has 0 saturated carbocycles. The van der Waals surface area contributed by atoms with E-state index in [1.807, 2.05) is 24.3 Å². The first-order valence-corrected chi connectivity index (χ1v) is 22.5. The number of imide groups is 1. The number of carbonyl (C=O) groups excluding carboxylic acids is 4. The Hall–Kier alpha value is -6.68. The molecule has 7 heterocycles. The maximum absolute atomic E-state index is 13.5. The monoisotopic (exact) mass is 863 g/mol. The fraction of sp³-hybridized carbons (Fsp3) is 0.417. The number of carbonyl (C=O) groups is 4. The van der Waals surface area contributed by atoms with Gasteiger partial charge in [0, 0.05) is 99.1 Å². The summed E-state index contributed by atoms with van der Waals surface area (Å²) < 4.78 is 3.42. The summed E-state index contributed by atoms with van der Waals surface area (Å²) in [7, 11) is 1.51. The summed E-state index contributed by atoms with van der Waals surface area (Å²) in [6.45, 7) is 12.3. The summed E-state index contributed by atoms with van der Waals surface area (Å²) >= 11 is 0. The molecule has 2 atom stereocenters. The molecule has 16 nitrogen and oxygen atoms in total. The minimum Gasteiger partial charge on any atom is -0.371 e. The number of likely N-dealkylation sites (tertiary alicyclic amines) is 1. The Morgan fingerprint density at radius 1 is 0.922 bits per heavy atom. The van der Waals surface area contributed by atoms with Crippen molar-refractivity contribution >= 4 is 58.1 Å². The highest BCUT2D eigenvalue weighted by molar-refractivity contribution is 6.22. The van der Waals surface area contributed by atoms with Crippen LogP contribution in [-0.4, -0.2) is 117 Å². The second-order valence-corrected chi connectivity index (χ2v) is 18.1. The summed E-state index contributed by atoms with van der Waals surface area (Å²) in [5, 5.41) is 6.29. The van der Waals surface area contributed by atoms with Crippen molar-refractivity contribution in [1.82, 2.24) is 39.4 Å². The molecule has 3 saturated heterocycles. The van der Waals surface area contributed by atoms with Gasteiger partial charge in [0.05, 0.1) is 23.7 Å². The van der Waals surface area contributed by atoms with E-state index >= 15 is 0 Å². The van der Waals surface area contributed by atoms with Gasteiger partial charge in [0.2, 0.25) is 11.9 Å². The topological polar surface area (TPSA) is 171 Å². The Kier molecular flexibility index (Phi) is 10.6. The van der Waals surface area contributed by atoms with E-state index in [0.29, 0.717) is 64.1 Å². The van der Waals surface area contributed by atoms with E-state index in [2.05, 4.69) is 62.0 Å². The lowest BCUT2D eigenvalue weighted by molar-refractivity contribution is -0.121. The Morgan fingerprint density at radius 2 is 1.67 bits per heavy atom. The number of benzene rings is 2. The van der Waals surface area contributed by atoms with Gasteiger partial charge in [-0.05, 0) is 92.6 Å². The number of anilines is 4. The summed E-state index contributed by atoms with van der Waals surface area (Å²) in [6.07, 6.45) is 9.16. The van der Waals surface area contributed by atoms with E-state index in [4.69, 9.17) is 9.97 Å². The maximum Gasteiger partial charge on any atom is 0.278 e. The molecule has 16 heteroatoms. The normalized spacial score (nSPS) is 19.7. The van der Waals surface area contributed by atoms with Crippen LogP contribution in [0, 0.1) is 5.41 Å². The molecule has 10 rings (SSSR count). The van der Waals surface area contributed by atoms with Crippen LogP contribution in [0.2, 0.25) is 0 Å². The molecule has 1 aliphatic carbocycles. The molecule has 2 unspecified atom stereocenters. The molecular formula is C48H53N11O5. The quantitative estimate of drug-likeness (QED) is 0.0888. The molecule has 64 heavy (non-hydrogen) atoms. The lowest BCUT2D eigenvalue weighted by atomic mass is 9.71. The molecule has 330 valence electrons. The van der Waals surface area contributed by atoms with E-state index in [9.17, 15) is 24.0 Å². The van der Waals surface area contributed by atoms with Gasteiger partial charge >= 0.3 is 0 Å². The number of aldehydes is 1. The standard InChI is InChI=1S/C48H53N11O5/c1-4-20-57-44(62)39-24-50-47(53-43(39)59(57)40-16-8-31-7-6-30(5-2)42(31)52-40)51-32-9-11-33(12-10-32)55-26-48(27-55)28-56(29-48)34-18-21-54(22-19-34)35-13-15-37-38(23-35)46(64)58(45(37)63)36(25-60)14-17-41(61)49-3/h4,8-13,15-16,23-25,30,34,36H,1,5-7,14,17-22,26-29H2,2-3H3,(H,49,61)(H,50,51,53). The number of pyridine rings is 1. The predicted octanol–water partition coefficient (Wildman–Crippen LogP) is 4.83. The van der Waals surface area contributed by atoms with Crippen LogP contribution in [-0.2, 0) is 22.6 Å². The first kappa shape index (κ1) is 41.3. The van der Waals surface area contributed by atoms with Gasteiger partial charge in [-0.1, -0.05) is 19.1 Å². The largest absolute Gasteiger partial charge is 0.371 e. The highest BCUT2D eigenvalue weighted by Crippen LogP contribution is 2.44. The van der Waals surface area contributed by atoms with Gasteiger partial charge < -0.3 is 25.2 Å². The average Bonchev–Trinajstić information content (AvgIpc) is 3.91. The SMILES string of the molecule is C=CCn1c(=O)c2cnc(Nc3ccc(N4CC5(C4)CN(C4CCN(c6ccc7c(c6)C(=O)N(C(C=O)CCC(=O)NC)C7=O)CC4)C5)cc3)nc2n1-c1ccc2c(n1)C(CC)CC2. The molecule has 0 radical (unpaired) electrons. The van der Waals surface area contributed by atoms with Crippen molar-refractivity contribution < 1.29 is 19.2 Å². The minimum atomic E-state index is -0.988. The summed E-state index contributed by atoms with van der Waals surface area (Å²) in [4.78, 5) is 86.5. The molecule has 4 aliphatic heterocycles. The van der Waals surface area contributed by atoms with Crippen LogP contribution in [0.25, 0.3) is 16.9 Å². The number of nitrogens with one attached hydrogen (secondary N) is 2. The zero-order valence-electron chi connectivity index (χ0n) is 36.3. The number of amides is 3. The molecule has 2 aromatic carbocycles. The van der Waals surface area contributed by atoms with Gasteiger partial charge in [-0.2, -0.15) is 4.98 Å². The number of aromatic nitrogens is 5. The van der Waals surface area contributed by atoms with Crippen LogP contribution in [0.15, 0.2) is 78.2 Å². The van der Waals surface area contributed by atoms with Crippen molar-refractivity contribution in [1.29, 1.82) is 0 Å². The number of piperidine rings is 1. The fourth-order valence-electron chi connectivity index (χ4n) is 10.6. The highest BCUT2D eigenvalue weighted by atomic mass is 16.2. The number of hydrogen-bond donors (Lipinski definition) is 2. The average molecular weight is 864 g/mol. The van der Waals surface area contributed by atoms with Crippen LogP contribution in [0.5, 0.6) is 0 Å². The van der Waals surface area contributed by atoms with E-state index in [0.717, 1.165) is 93.3 Å². The smallest absolute Gasteiger partial charge is 0.278 e. The third kappa shape index (κ3) is 7.13. The van der Waals surface area contributed by atoms with Gasteiger partial charge in [-0.15, -0.1) is 6.58 Å². The third-order valence-electron chi connectivity index (χ3n) is 14.1. The second-order valence-electron chi connectivity index (χ2n) is 18.1. The van der Waals surface area contributed by atoms with Crippen LogP contribution in [0.3, 0.4) is 0 Å². The van der Waals surface area contributed by atoms with E-state index in [1.165, 1.54) is 18.3 Å². The van der Waals surface area contributed by atoms with Crippen molar-refractivity contribution in [2.24, 2.45) is 5.41 Å². The molecule has 2 N–H and O–H groups in total. The number of fused-ring (bicyclic) bond motifs is 3. The number of allylic oxidation sites excluding steroid dienone is 1. The number of aryl methyl sites for hydroxylation is 1. The number of hydrogen-bond acceptors (Lipinski definition) is 12. The molecule has 5 aromatic rings. The molecule has 0 bridgehead atoms. The van der Waals surface area contributed by atoms with E-state index < -0.39 is 17.9 Å². The van der Waals surface area contributed by atoms with Crippen molar-refractivity contribution in [3.63, 3.8) is 0 Å². The Balaban J connectivity index is 0.730. The van der Waals surface area contributed by atoms with Gasteiger partial charge in [-0.3, -0.25) is 29.0 Å². The van der Waals surface area contributed by atoms with Crippen LogP contribution < -0.4 is 26.0 Å². The molecule has 3 fully saturated rings. The van der Waals surface area contributed by atoms with Crippen LogP contribution in [0.1, 0.15) is 83.3 Å². The number of nitrogens with zero attached hydrogens (tertiary/aromatic N) is 9. The summed E-state index contributed by atoms with van der Waals surface area (Å²) in [5.74, 6) is 0.244. The third-order valence-corrected chi connectivity index (χ3v) is 14.1.